The minimum absolute atomic E-state index is 0.347. The average molecular weight is 348 g/mol. The molecule has 1 aliphatic heterocycles. The maximum Gasteiger partial charge on any atom is 0.326 e. The number of nitrogens with zero attached hydrogens (tertiary/aromatic N) is 1. The molecule has 0 spiro atoms. The zero-order chi connectivity index (χ0) is 18.4. The van der Waals surface area contributed by atoms with Gasteiger partial charge in [-0.25, -0.2) is 4.79 Å². The number of amides is 1. The van der Waals surface area contributed by atoms with Gasteiger partial charge in [0.1, 0.15) is 12.1 Å². The van der Waals surface area contributed by atoms with Gasteiger partial charge < -0.3 is 15.1 Å². The molecule has 1 heterocycles. The number of benzene rings is 1. The number of carbonyl (C=O) groups excluding carboxylic acids is 1. The van der Waals surface area contributed by atoms with Crippen molar-refractivity contribution >= 4 is 17.8 Å². The molecular formula is C18H24N2O5. The Labute approximate surface area is 146 Å². The highest BCUT2D eigenvalue weighted by atomic mass is 16.4. The molecule has 3 N–H and O–H groups in total. The minimum atomic E-state index is -1.02. The lowest BCUT2D eigenvalue weighted by Gasteiger charge is -2.27. The molecule has 1 aromatic carbocycles. The first-order valence-corrected chi connectivity index (χ1v) is 8.46. The highest BCUT2D eigenvalue weighted by Crippen LogP contribution is 2.18. The summed E-state index contributed by atoms with van der Waals surface area (Å²) >= 11 is 0. The Kier molecular flexibility index (Phi) is 6.52. The monoisotopic (exact) mass is 348 g/mol. The molecule has 3 atom stereocenters. The standard InChI is InChI=1S/C18H24N2O5/c1-12(16(21)20-11-5-8-15(20)18(24)25)19-14(17(22)23)10-9-13-6-3-2-4-7-13/h2-4,6-7,12,14-15,19H,5,8-11H2,1H3,(H,22,23)(H,24,25)/t12-,14-,15+/m0/s1. The van der Waals surface area contributed by atoms with Crippen molar-refractivity contribution in [2.24, 2.45) is 0 Å². The Bertz CT molecular complexity index is 619. The zero-order valence-corrected chi connectivity index (χ0v) is 14.2. The third-order valence-electron chi connectivity index (χ3n) is 4.51. The number of nitrogens with one attached hydrogen (secondary N) is 1. The van der Waals surface area contributed by atoms with Gasteiger partial charge in [-0.05, 0) is 38.2 Å². The van der Waals surface area contributed by atoms with E-state index in [1.165, 1.54) is 4.90 Å². The second kappa shape index (κ2) is 8.62. The topological polar surface area (TPSA) is 107 Å². The fourth-order valence-corrected chi connectivity index (χ4v) is 3.14. The summed E-state index contributed by atoms with van der Waals surface area (Å²) in [4.78, 5) is 36.5. The smallest absolute Gasteiger partial charge is 0.326 e. The van der Waals surface area contributed by atoms with Crippen LogP contribution < -0.4 is 5.32 Å². The van der Waals surface area contributed by atoms with E-state index in [9.17, 15) is 24.6 Å². The van der Waals surface area contributed by atoms with Crippen molar-refractivity contribution in [2.75, 3.05) is 6.54 Å². The molecule has 0 aromatic heterocycles. The maximum absolute atomic E-state index is 12.5. The average Bonchev–Trinajstić information content (AvgIpc) is 3.08. The van der Waals surface area contributed by atoms with Crippen LogP contribution in [-0.2, 0) is 20.8 Å². The molecule has 0 aliphatic carbocycles. The van der Waals surface area contributed by atoms with E-state index in [0.29, 0.717) is 32.2 Å². The lowest BCUT2D eigenvalue weighted by atomic mass is 10.0. The molecule has 1 fully saturated rings. The Morgan fingerprint density at radius 3 is 2.52 bits per heavy atom. The Morgan fingerprint density at radius 1 is 1.24 bits per heavy atom. The van der Waals surface area contributed by atoms with Crippen LogP contribution in [0.25, 0.3) is 0 Å². The zero-order valence-electron chi connectivity index (χ0n) is 14.2. The summed E-state index contributed by atoms with van der Waals surface area (Å²) in [5, 5.41) is 21.4. The molecular weight excluding hydrogens is 324 g/mol. The van der Waals surface area contributed by atoms with E-state index in [2.05, 4.69) is 5.32 Å². The van der Waals surface area contributed by atoms with Crippen molar-refractivity contribution in [3.05, 3.63) is 35.9 Å². The van der Waals surface area contributed by atoms with E-state index in [1.807, 2.05) is 30.3 Å². The summed E-state index contributed by atoms with van der Waals surface area (Å²) in [6.45, 7) is 1.97. The van der Waals surface area contributed by atoms with Gasteiger partial charge in [0, 0.05) is 6.54 Å². The van der Waals surface area contributed by atoms with Gasteiger partial charge in [-0.15, -0.1) is 0 Å². The van der Waals surface area contributed by atoms with Gasteiger partial charge in [0.2, 0.25) is 5.91 Å². The van der Waals surface area contributed by atoms with Crippen molar-refractivity contribution in [2.45, 2.75) is 50.7 Å². The Balaban J connectivity index is 1.95. The molecule has 1 aromatic rings. The SMILES string of the molecule is C[C@H](N[C@@H](CCc1ccccc1)C(=O)O)C(=O)N1CCC[C@@H]1C(=O)O. The number of carboxylic acids is 2. The van der Waals surface area contributed by atoms with Gasteiger partial charge in [0.25, 0.3) is 0 Å². The third-order valence-corrected chi connectivity index (χ3v) is 4.51. The molecule has 0 radical (unpaired) electrons. The number of rotatable bonds is 8. The molecule has 1 saturated heterocycles. The summed E-state index contributed by atoms with van der Waals surface area (Å²) in [6, 6.07) is 7.09. The fourth-order valence-electron chi connectivity index (χ4n) is 3.14. The van der Waals surface area contributed by atoms with E-state index >= 15 is 0 Å². The van der Waals surface area contributed by atoms with E-state index < -0.39 is 30.1 Å². The van der Waals surface area contributed by atoms with Gasteiger partial charge in [-0.1, -0.05) is 30.3 Å². The highest BCUT2D eigenvalue weighted by molar-refractivity contribution is 5.88. The molecule has 136 valence electrons. The van der Waals surface area contributed by atoms with Crippen LogP contribution in [0.1, 0.15) is 31.7 Å². The third kappa shape index (κ3) is 5.03. The number of carbonyl (C=O) groups is 3. The molecule has 7 heteroatoms. The van der Waals surface area contributed by atoms with Crippen LogP contribution in [0.4, 0.5) is 0 Å². The maximum atomic E-state index is 12.5. The quantitative estimate of drug-likeness (QED) is 0.650. The van der Waals surface area contributed by atoms with Gasteiger partial charge in [0.05, 0.1) is 6.04 Å². The first-order chi connectivity index (χ1) is 11.9. The summed E-state index contributed by atoms with van der Waals surface area (Å²) in [7, 11) is 0. The summed E-state index contributed by atoms with van der Waals surface area (Å²) in [5.74, 6) is -2.40. The van der Waals surface area contributed by atoms with Crippen LogP contribution in [0.2, 0.25) is 0 Å². The predicted molar refractivity (Wildman–Crippen MR) is 91.2 cm³/mol. The van der Waals surface area contributed by atoms with E-state index in [4.69, 9.17) is 0 Å². The van der Waals surface area contributed by atoms with Crippen LogP contribution in [0, 0.1) is 0 Å². The fraction of sp³-hybridized carbons (Fsp3) is 0.500. The van der Waals surface area contributed by atoms with Gasteiger partial charge in [0.15, 0.2) is 0 Å². The van der Waals surface area contributed by atoms with Crippen LogP contribution in [0.15, 0.2) is 30.3 Å². The van der Waals surface area contributed by atoms with E-state index in [1.54, 1.807) is 6.92 Å². The largest absolute Gasteiger partial charge is 0.480 e. The van der Waals surface area contributed by atoms with Gasteiger partial charge >= 0.3 is 11.9 Å². The van der Waals surface area contributed by atoms with Crippen molar-refractivity contribution in [3.8, 4) is 0 Å². The summed E-state index contributed by atoms with van der Waals surface area (Å²) in [5.41, 5.74) is 1.03. The first-order valence-electron chi connectivity index (χ1n) is 8.46. The minimum Gasteiger partial charge on any atom is -0.480 e. The van der Waals surface area contributed by atoms with Crippen LogP contribution in [0.3, 0.4) is 0 Å². The molecule has 2 rings (SSSR count). The van der Waals surface area contributed by atoms with Gasteiger partial charge in [-0.2, -0.15) is 0 Å². The van der Waals surface area contributed by atoms with Gasteiger partial charge in [-0.3, -0.25) is 14.9 Å². The molecule has 25 heavy (non-hydrogen) atoms. The second-order valence-corrected chi connectivity index (χ2v) is 6.33. The van der Waals surface area contributed by atoms with Crippen molar-refractivity contribution in [1.29, 1.82) is 0 Å². The predicted octanol–water partition coefficient (Wildman–Crippen LogP) is 1.13. The molecule has 1 aliphatic rings. The highest BCUT2D eigenvalue weighted by Gasteiger charge is 2.36. The summed E-state index contributed by atoms with van der Waals surface area (Å²) in [6.07, 6.45) is 2.00. The van der Waals surface area contributed by atoms with Crippen molar-refractivity contribution in [1.82, 2.24) is 10.2 Å². The molecule has 7 nitrogen and oxygen atoms in total. The van der Waals surface area contributed by atoms with Crippen LogP contribution in [0.5, 0.6) is 0 Å². The summed E-state index contributed by atoms with van der Waals surface area (Å²) < 4.78 is 0. The Hall–Kier alpha value is -2.41. The van der Waals surface area contributed by atoms with E-state index in [0.717, 1.165) is 5.56 Å². The number of likely N-dealkylation sites (tertiary alicyclic amines) is 1. The first kappa shape index (κ1) is 18.9. The molecule has 0 unspecified atom stereocenters. The van der Waals surface area contributed by atoms with Crippen molar-refractivity contribution < 1.29 is 24.6 Å². The molecule has 0 bridgehead atoms. The Morgan fingerprint density at radius 2 is 1.92 bits per heavy atom. The number of carboxylic acid groups (broad SMARTS) is 2. The lowest BCUT2D eigenvalue weighted by molar-refractivity contribution is -0.149. The number of aliphatic carboxylic acids is 2. The van der Waals surface area contributed by atoms with Crippen molar-refractivity contribution in [3.63, 3.8) is 0 Å². The van der Waals surface area contributed by atoms with E-state index in [-0.39, 0.29) is 5.91 Å². The van der Waals surface area contributed by atoms with Crippen LogP contribution >= 0.6 is 0 Å². The molecule has 0 saturated carbocycles. The number of hydrogen-bond donors (Lipinski definition) is 3. The molecule has 1 amide bonds. The number of aryl methyl sites for hydroxylation is 1. The number of hydrogen-bond acceptors (Lipinski definition) is 4. The lowest BCUT2D eigenvalue weighted by Crippen LogP contribution is -2.53. The second-order valence-electron chi connectivity index (χ2n) is 6.33. The van der Waals surface area contributed by atoms with Crippen LogP contribution in [-0.4, -0.2) is 57.6 Å². The normalized spacial score (nSPS) is 19.4.